The lowest BCUT2D eigenvalue weighted by molar-refractivity contribution is -0.387. The number of benzene rings is 1. The molecule has 0 saturated heterocycles. The molecule has 8 heteroatoms. The van der Waals surface area contributed by atoms with Crippen LogP contribution in [0.15, 0.2) is 44.7 Å². The van der Waals surface area contributed by atoms with Crippen molar-refractivity contribution in [3.8, 4) is 5.75 Å². The van der Waals surface area contributed by atoms with Gasteiger partial charge in [0.25, 0.3) is 5.69 Å². The first-order valence-corrected chi connectivity index (χ1v) is 6.16. The second kappa shape index (κ2) is 5.66. The molecule has 0 fully saturated rings. The van der Waals surface area contributed by atoms with Crippen LogP contribution < -0.4 is 4.74 Å². The molecule has 0 aliphatic carbocycles. The lowest BCUT2D eigenvalue weighted by Gasteiger charge is -2.03. The third-order valence-corrected chi connectivity index (χ3v) is 3.35. The molecule has 0 saturated carbocycles. The zero-order chi connectivity index (χ0) is 14.7. The van der Waals surface area contributed by atoms with Crippen molar-refractivity contribution < 1.29 is 24.0 Å². The fourth-order valence-electron chi connectivity index (χ4n) is 1.45. The van der Waals surface area contributed by atoms with E-state index in [1.54, 1.807) is 6.07 Å². The first-order valence-electron chi connectivity index (χ1n) is 5.34. The van der Waals surface area contributed by atoms with Crippen molar-refractivity contribution in [2.24, 2.45) is 0 Å². The summed E-state index contributed by atoms with van der Waals surface area (Å²) in [4.78, 5) is 21.5. The maximum Gasteiger partial charge on any atom is 0.371 e. The van der Waals surface area contributed by atoms with E-state index in [2.05, 4.69) is 0 Å². The van der Waals surface area contributed by atoms with Crippen molar-refractivity contribution in [3.63, 3.8) is 0 Å². The van der Waals surface area contributed by atoms with Crippen molar-refractivity contribution in [1.29, 1.82) is 0 Å². The summed E-state index contributed by atoms with van der Waals surface area (Å²) in [5.41, 5.74) is -0.136. The maximum atomic E-state index is 11.0. The van der Waals surface area contributed by atoms with Gasteiger partial charge in [-0.05, 0) is 36.0 Å². The second-order valence-corrected chi connectivity index (χ2v) is 4.66. The number of methoxy groups -OCH3 is 1. The Hall–Kier alpha value is -2.48. The average molecular weight is 295 g/mol. The molecule has 2 rings (SSSR count). The number of nitrogens with zero attached hydrogens (tertiary/aromatic N) is 1. The van der Waals surface area contributed by atoms with Crippen LogP contribution in [0, 0.1) is 10.1 Å². The fourth-order valence-corrected chi connectivity index (χ4v) is 2.31. The van der Waals surface area contributed by atoms with Gasteiger partial charge in [0.05, 0.1) is 23.0 Å². The summed E-state index contributed by atoms with van der Waals surface area (Å²) in [5, 5.41) is 20.0. The highest BCUT2D eigenvalue weighted by molar-refractivity contribution is 7.99. The van der Waals surface area contributed by atoms with Crippen LogP contribution in [0.5, 0.6) is 5.75 Å². The molecule has 0 amide bonds. The highest BCUT2D eigenvalue weighted by atomic mass is 32.2. The highest BCUT2D eigenvalue weighted by Crippen LogP contribution is 2.37. The van der Waals surface area contributed by atoms with Gasteiger partial charge in [0.2, 0.25) is 5.76 Å². The molecular weight excluding hydrogens is 286 g/mol. The molecular formula is C12H9NO6S. The van der Waals surface area contributed by atoms with E-state index in [1.807, 2.05) is 0 Å². The van der Waals surface area contributed by atoms with E-state index in [9.17, 15) is 14.9 Å². The fraction of sp³-hybridized carbons (Fsp3) is 0.0833. The zero-order valence-corrected chi connectivity index (χ0v) is 11.0. The Labute approximate surface area is 117 Å². The number of carboxylic acid groups (broad SMARTS) is 1. The second-order valence-electron chi connectivity index (χ2n) is 3.62. The van der Waals surface area contributed by atoms with Crippen LogP contribution in [0.1, 0.15) is 10.6 Å². The number of hydrogen-bond acceptors (Lipinski definition) is 6. The molecule has 0 atom stereocenters. The van der Waals surface area contributed by atoms with E-state index in [0.29, 0.717) is 10.6 Å². The quantitative estimate of drug-likeness (QED) is 0.667. The van der Waals surface area contributed by atoms with Gasteiger partial charge in [-0.25, -0.2) is 4.79 Å². The number of ether oxygens (including phenoxy) is 1. The molecule has 0 spiro atoms. The van der Waals surface area contributed by atoms with Gasteiger partial charge >= 0.3 is 5.97 Å². The van der Waals surface area contributed by atoms with Gasteiger partial charge < -0.3 is 14.3 Å². The molecule has 104 valence electrons. The largest absolute Gasteiger partial charge is 0.497 e. The predicted molar refractivity (Wildman–Crippen MR) is 69.4 cm³/mol. The van der Waals surface area contributed by atoms with Crippen LogP contribution in [-0.2, 0) is 0 Å². The van der Waals surface area contributed by atoms with Gasteiger partial charge in [-0.15, -0.1) is 0 Å². The Morgan fingerprint density at radius 2 is 2.15 bits per heavy atom. The van der Waals surface area contributed by atoms with Crippen LogP contribution >= 0.6 is 11.8 Å². The minimum absolute atomic E-state index is 0.136. The number of nitro benzene ring substituents is 1. The predicted octanol–water partition coefficient (Wildman–Crippen LogP) is 3.05. The number of nitro groups is 1. The molecule has 0 radical (unpaired) electrons. The van der Waals surface area contributed by atoms with E-state index in [1.165, 1.54) is 31.4 Å². The SMILES string of the molecule is COc1ccc(Sc2ccc(C(=O)O)o2)c([N+](=O)[O-])c1. The summed E-state index contributed by atoms with van der Waals surface area (Å²) >= 11 is 0.973. The Morgan fingerprint density at radius 3 is 2.70 bits per heavy atom. The van der Waals surface area contributed by atoms with Crippen LogP contribution in [0.4, 0.5) is 5.69 Å². The van der Waals surface area contributed by atoms with E-state index in [0.717, 1.165) is 11.8 Å². The van der Waals surface area contributed by atoms with Crippen LogP contribution in [0.2, 0.25) is 0 Å². The highest BCUT2D eigenvalue weighted by Gasteiger charge is 2.18. The van der Waals surface area contributed by atoms with E-state index in [-0.39, 0.29) is 16.5 Å². The monoisotopic (exact) mass is 295 g/mol. The molecule has 1 aromatic heterocycles. The van der Waals surface area contributed by atoms with Crippen molar-refractivity contribution in [2.45, 2.75) is 9.99 Å². The van der Waals surface area contributed by atoms with Gasteiger partial charge in [-0.3, -0.25) is 10.1 Å². The number of carboxylic acids is 1. The molecule has 20 heavy (non-hydrogen) atoms. The lowest BCUT2D eigenvalue weighted by atomic mass is 10.3. The van der Waals surface area contributed by atoms with Gasteiger partial charge in [0.15, 0.2) is 5.09 Å². The van der Waals surface area contributed by atoms with E-state index >= 15 is 0 Å². The van der Waals surface area contributed by atoms with Crippen molar-refractivity contribution in [2.75, 3.05) is 7.11 Å². The average Bonchev–Trinajstić information content (AvgIpc) is 2.87. The first-order chi connectivity index (χ1) is 9.51. The molecule has 1 heterocycles. The molecule has 1 N–H and O–H groups in total. The molecule has 0 unspecified atom stereocenters. The minimum Gasteiger partial charge on any atom is -0.497 e. The molecule has 1 aromatic carbocycles. The third-order valence-electron chi connectivity index (χ3n) is 2.37. The summed E-state index contributed by atoms with van der Waals surface area (Å²) in [7, 11) is 1.41. The van der Waals surface area contributed by atoms with Gasteiger partial charge in [-0.1, -0.05) is 0 Å². The number of aromatic carboxylic acids is 1. The molecule has 0 aliphatic rings. The molecule has 7 nitrogen and oxygen atoms in total. The Balaban J connectivity index is 2.32. The summed E-state index contributed by atoms with van der Waals surface area (Å²) in [6.45, 7) is 0. The van der Waals surface area contributed by atoms with Gasteiger partial charge in [-0.2, -0.15) is 0 Å². The van der Waals surface area contributed by atoms with Crippen LogP contribution in [-0.4, -0.2) is 23.1 Å². The smallest absolute Gasteiger partial charge is 0.371 e. The minimum atomic E-state index is -1.19. The number of rotatable bonds is 5. The number of furan rings is 1. The van der Waals surface area contributed by atoms with E-state index < -0.39 is 10.9 Å². The summed E-state index contributed by atoms with van der Waals surface area (Å²) < 4.78 is 9.98. The van der Waals surface area contributed by atoms with Crippen molar-refractivity contribution in [1.82, 2.24) is 0 Å². The summed E-state index contributed by atoms with van der Waals surface area (Å²) in [6, 6.07) is 7.13. The zero-order valence-electron chi connectivity index (χ0n) is 10.2. The standard InChI is InChI=1S/C12H9NO6S/c1-18-7-2-4-10(8(6-7)13(16)17)20-11-5-3-9(19-11)12(14)15/h2-6H,1H3,(H,14,15). The van der Waals surface area contributed by atoms with Crippen molar-refractivity contribution >= 4 is 23.4 Å². The van der Waals surface area contributed by atoms with Crippen LogP contribution in [0.25, 0.3) is 0 Å². The third kappa shape index (κ3) is 2.91. The lowest BCUT2D eigenvalue weighted by Crippen LogP contribution is -1.93. The summed E-state index contributed by atoms with van der Waals surface area (Å²) in [6.07, 6.45) is 0. The first kappa shape index (κ1) is 13.9. The maximum absolute atomic E-state index is 11.0. The van der Waals surface area contributed by atoms with Crippen LogP contribution in [0.3, 0.4) is 0 Å². The van der Waals surface area contributed by atoms with E-state index in [4.69, 9.17) is 14.3 Å². The Morgan fingerprint density at radius 1 is 1.40 bits per heavy atom. The topological polar surface area (TPSA) is 103 Å². The molecule has 0 aliphatic heterocycles. The normalized spacial score (nSPS) is 10.2. The number of carbonyl (C=O) groups is 1. The number of hydrogen-bond donors (Lipinski definition) is 1. The summed E-state index contributed by atoms with van der Waals surface area (Å²) in [5.74, 6) is -1.04. The van der Waals surface area contributed by atoms with Crippen molar-refractivity contribution in [3.05, 3.63) is 46.2 Å². The van der Waals surface area contributed by atoms with Gasteiger partial charge in [0.1, 0.15) is 5.75 Å². The molecule has 0 bridgehead atoms. The van der Waals surface area contributed by atoms with Gasteiger partial charge in [0, 0.05) is 0 Å². The molecule has 2 aromatic rings. The Bertz CT molecular complexity index is 666. The Kier molecular flexibility index (Phi) is 3.94.